The Bertz CT molecular complexity index is 924. The molecule has 0 aliphatic carbocycles. The van der Waals surface area contributed by atoms with Gasteiger partial charge in [0.25, 0.3) is 0 Å². The first-order chi connectivity index (χ1) is 17.9. The fourth-order valence-corrected chi connectivity index (χ4v) is 3.59. The molecule has 0 radical (unpaired) electrons. The average molecular weight is 588 g/mol. The second-order valence-corrected chi connectivity index (χ2v) is 9.03. The normalized spacial score (nSPS) is 16.7. The van der Waals surface area contributed by atoms with Crippen LogP contribution in [-0.2, 0) is 21.3 Å². The van der Waals surface area contributed by atoms with E-state index in [1.807, 2.05) is 0 Å². The first kappa shape index (κ1) is 30.9. The highest BCUT2D eigenvalue weighted by atomic mass is 79.9. The van der Waals surface area contributed by atoms with Crippen molar-refractivity contribution in [2.75, 3.05) is 79.7 Å². The summed E-state index contributed by atoms with van der Waals surface area (Å²) in [6, 6.07) is 0. The fraction of sp³-hybridized carbons (Fsp3) is 0.667. The van der Waals surface area contributed by atoms with Crippen LogP contribution in [0.1, 0.15) is 46.7 Å². The van der Waals surface area contributed by atoms with Gasteiger partial charge in [0, 0.05) is 52.4 Å². The molecule has 2 aromatic rings. The summed E-state index contributed by atoms with van der Waals surface area (Å²) in [5.41, 5.74) is 0. The van der Waals surface area contributed by atoms with Crippen LogP contribution in [0.25, 0.3) is 0 Å². The van der Waals surface area contributed by atoms with Gasteiger partial charge in [-0.2, -0.15) is 0 Å². The van der Waals surface area contributed by atoms with Crippen LogP contribution in [0.3, 0.4) is 0 Å². The Morgan fingerprint density at radius 3 is 1.78 bits per heavy atom. The molecule has 0 unspecified atom stereocenters. The van der Waals surface area contributed by atoms with Gasteiger partial charge in [0.2, 0.25) is 0 Å². The van der Waals surface area contributed by atoms with Gasteiger partial charge in [-0.15, -0.1) is 0 Å². The topological polar surface area (TPSA) is 126 Å². The fourth-order valence-electron chi connectivity index (χ4n) is 3.33. The zero-order valence-corrected chi connectivity index (χ0v) is 23.8. The lowest BCUT2D eigenvalue weighted by Crippen LogP contribution is -2.43. The molecule has 13 heteroatoms. The summed E-state index contributed by atoms with van der Waals surface area (Å²) >= 11 is 3.17. The summed E-state index contributed by atoms with van der Waals surface area (Å²) in [6.45, 7) is 13.7. The standard InChI is InChI=1S/C12H19N3O3.C7H8BrNO3.C5H12N2/c1-3-17-12(16)11-13-8-10(18-11)9-15-6-4-14(2)5-7-15;1-2-11-7(10)6-9-4-5(3-8)12-6;1-7-4-2-6-3-5-7/h8H,3-7,9H2,1-2H3;4H,2-3H2,1H3;6H,2-5H2,1H3. The van der Waals surface area contributed by atoms with Crippen LogP contribution in [0.4, 0.5) is 0 Å². The van der Waals surface area contributed by atoms with Crippen LogP contribution < -0.4 is 5.32 Å². The summed E-state index contributed by atoms with van der Waals surface area (Å²) in [5, 5.41) is 3.81. The maximum Gasteiger partial charge on any atom is 0.394 e. The van der Waals surface area contributed by atoms with Crippen molar-refractivity contribution in [1.29, 1.82) is 0 Å². The lowest BCUT2D eigenvalue weighted by Gasteiger charge is -2.31. The Morgan fingerprint density at radius 2 is 1.35 bits per heavy atom. The summed E-state index contributed by atoms with van der Waals surface area (Å²) in [4.78, 5) is 37.0. The number of alkyl halides is 1. The Balaban J connectivity index is 0.000000217. The minimum Gasteiger partial charge on any atom is -0.459 e. The van der Waals surface area contributed by atoms with Crippen molar-refractivity contribution in [2.45, 2.75) is 25.7 Å². The molecule has 2 aliphatic rings. The molecule has 2 fully saturated rings. The van der Waals surface area contributed by atoms with Crippen molar-refractivity contribution in [1.82, 2.24) is 30.0 Å². The number of carbonyl (C=O) groups excluding carboxylic acids is 2. The van der Waals surface area contributed by atoms with Crippen LogP contribution in [0.2, 0.25) is 0 Å². The maximum atomic E-state index is 11.4. The van der Waals surface area contributed by atoms with E-state index in [1.165, 1.54) is 19.3 Å². The molecule has 4 heterocycles. The molecule has 1 N–H and O–H groups in total. The Hall–Kier alpha value is -2.32. The first-order valence-electron chi connectivity index (χ1n) is 12.5. The molecule has 0 bridgehead atoms. The van der Waals surface area contributed by atoms with Gasteiger partial charge in [-0.1, -0.05) is 15.9 Å². The zero-order valence-electron chi connectivity index (χ0n) is 22.2. The summed E-state index contributed by atoms with van der Waals surface area (Å²) in [7, 11) is 4.27. The van der Waals surface area contributed by atoms with E-state index in [0.717, 1.165) is 39.3 Å². The van der Waals surface area contributed by atoms with Crippen molar-refractivity contribution in [3.63, 3.8) is 0 Å². The molecule has 0 atom stereocenters. The van der Waals surface area contributed by atoms with E-state index in [4.69, 9.17) is 13.6 Å². The Kier molecular flexibility index (Phi) is 14.4. The van der Waals surface area contributed by atoms with Crippen molar-refractivity contribution in [2.24, 2.45) is 0 Å². The molecule has 37 heavy (non-hydrogen) atoms. The molecule has 2 aromatic heterocycles. The molecular formula is C24H39BrN6O6. The molecule has 0 saturated carbocycles. The molecule has 12 nitrogen and oxygen atoms in total. The number of aromatic nitrogens is 2. The van der Waals surface area contributed by atoms with Gasteiger partial charge in [0.1, 0.15) is 11.5 Å². The summed E-state index contributed by atoms with van der Waals surface area (Å²) in [6.07, 6.45) is 3.09. The third-order valence-corrected chi connectivity index (χ3v) is 6.01. The molecule has 208 valence electrons. The quantitative estimate of drug-likeness (QED) is 0.375. The smallest absolute Gasteiger partial charge is 0.394 e. The lowest BCUT2D eigenvalue weighted by atomic mass is 10.3. The molecule has 2 aliphatic heterocycles. The minimum absolute atomic E-state index is 0.00583. The highest BCUT2D eigenvalue weighted by molar-refractivity contribution is 9.08. The average Bonchev–Trinajstić information content (AvgIpc) is 3.57. The van der Waals surface area contributed by atoms with Gasteiger partial charge >= 0.3 is 23.7 Å². The van der Waals surface area contributed by atoms with Gasteiger partial charge in [0.15, 0.2) is 0 Å². The van der Waals surface area contributed by atoms with E-state index in [-0.39, 0.29) is 11.8 Å². The maximum absolute atomic E-state index is 11.4. The van der Waals surface area contributed by atoms with E-state index >= 15 is 0 Å². The monoisotopic (exact) mass is 586 g/mol. The second kappa shape index (κ2) is 17.2. The number of rotatable bonds is 7. The second-order valence-electron chi connectivity index (χ2n) is 8.47. The number of carbonyl (C=O) groups is 2. The van der Waals surface area contributed by atoms with Crippen molar-refractivity contribution in [3.05, 3.63) is 35.7 Å². The number of nitrogens with one attached hydrogen (secondary N) is 1. The van der Waals surface area contributed by atoms with E-state index in [2.05, 4.69) is 64.7 Å². The third-order valence-electron chi connectivity index (χ3n) is 5.45. The number of hydrogen-bond acceptors (Lipinski definition) is 12. The van der Waals surface area contributed by atoms with Crippen LogP contribution in [0.15, 0.2) is 21.2 Å². The van der Waals surface area contributed by atoms with Gasteiger partial charge < -0.3 is 33.4 Å². The highest BCUT2D eigenvalue weighted by Gasteiger charge is 2.18. The molecule has 0 aromatic carbocycles. The highest BCUT2D eigenvalue weighted by Crippen LogP contribution is 2.10. The van der Waals surface area contributed by atoms with E-state index in [9.17, 15) is 9.59 Å². The number of likely N-dealkylation sites (N-methyl/N-ethyl adjacent to an activating group) is 2. The number of esters is 2. The number of hydrogen-bond donors (Lipinski definition) is 1. The summed E-state index contributed by atoms with van der Waals surface area (Å²) in [5.74, 6) is 0.347. The molecule has 4 rings (SSSR count). The molecule has 0 spiro atoms. The van der Waals surface area contributed by atoms with Crippen molar-refractivity contribution < 1.29 is 27.9 Å². The third kappa shape index (κ3) is 11.7. The van der Waals surface area contributed by atoms with Crippen molar-refractivity contribution >= 4 is 27.9 Å². The van der Waals surface area contributed by atoms with Crippen LogP contribution in [0.5, 0.6) is 0 Å². The van der Waals surface area contributed by atoms with Crippen molar-refractivity contribution in [3.8, 4) is 0 Å². The van der Waals surface area contributed by atoms with Crippen LogP contribution in [0, 0.1) is 0 Å². The SMILES string of the molecule is CCOC(=O)c1ncc(CBr)o1.CCOC(=O)c1ncc(CN2CCN(C)CC2)o1.CN1CCNCC1. The Morgan fingerprint density at radius 1 is 0.865 bits per heavy atom. The molecule has 0 amide bonds. The van der Waals surface area contributed by atoms with E-state index in [0.29, 0.717) is 36.6 Å². The number of ether oxygens (including phenoxy) is 2. The first-order valence-corrected chi connectivity index (χ1v) is 13.6. The van der Waals surface area contributed by atoms with E-state index < -0.39 is 11.9 Å². The van der Waals surface area contributed by atoms with Gasteiger partial charge in [-0.05, 0) is 27.9 Å². The largest absolute Gasteiger partial charge is 0.459 e. The van der Waals surface area contributed by atoms with Crippen LogP contribution >= 0.6 is 15.9 Å². The predicted molar refractivity (Wildman–Crippen MR) is 141 cm³/mol. The Labute approximate surface area is 226 Å². The lowest BCUT2D eigenvalue weighted by molar-refractivity contribution is 0.0469. The van der Waals surface area contributed by atoms with Gasteiger partial charge in [0.05, 0.1) is 37.5 Å². The van der Waals surface area contributed by atoms with Gasteiger partial charge in [-0.3, -0.25) is 4.90 Å². The predicted octanol–water partition coefficient (Wildman–Crippen LogP) is 1.87. The van der Waals surface area contributed by atoms with Crippen LogP contribution in [-0.4, -0.2) is 116 Å². The number of oxazole rings is 2. The number of nitrogens with zero attached hydrogens (tertiary/aromatic N) is 5. The number of piperazine rings is 2. The minimum atomic E-state index is -0.523. The molecular weight excluding hydrogens is 548 g/mol. The zero-order chi connectivity index (χ0) is 27.0. The van der Waals surface area contributed by atoms with E-state index in [1.54, 1.807) is 20.0 Å². The van der Waals surface area contributed by atoms with Gasteiger partial charge in [-0.25, -0.2) is 19.6 Å². The number of halogens is 1. The summed E-state index contributed by atoms with van der Waals surface area (Å²) < 4.78 is 19.9. The molecule has 2 saturated heterocycles.